The Kier molecular flexibility index (Phi) is 4.83. The minimum Gasteiger partial charge on any atom is -0.497 e. The van der Waals surface area contributed by atoms with Crippen molar-refractivity contribution in [1.29, 1.82) is 0 Å². The first kappa shape index (κ1) is 17.2. The van der Waals surface area contributed by atoms with Crippen molar-refractivity contribution in [2.45, 2.75) is 19.4 Å². The molecule has 27 heavy (non-hydrogen) atoms. The number of aromatic amines is 1. The molecule has 0 aliphatic heterocycles. The molecule has 0 aliphatic carbocycles. The number of amides is 1. The van der Waals surface area contributed by atoms with Crippen LogP contribution in [-0.2, 0) is 17.8 Å². The maximum absolute atomic E-state index is 12.2. The van der Waals surface area contributed by atoms with Crippen LogP contribution >= 0.6 is 0 Å². The Balaban J connectivity index is 1.31. The van der Waals surface area contributed by atoms with Crippen molar-refractivity contribution in [3.8, 4) is 5.75 Å². The SMILES string of the molecule is COc1ccc2[nH]cc(CCNC(=O)CCn3ccc4ccccc43)c2c1. The number of nitrogens with one attached hydrogen (secondary N) is 2. The second kappa shape index (κ2) is 7.58. The third kappa shape index (κ3) is 3.67. The fourth-order valence-corrected chi connectivity index (χ4v) is 3.47. The lowest BCUT2D eigenvalue weighted by Crippen LogP contribution is -2.26. The number of aryl methyl sites for hydroxylation is 1. The number of carbonyl (C=O) groups is 1. The summed E-state index contributed by atoms with van der Waals surface area (Å²) in [5.74, 6) is 0.913. The Morgan fingerprint density at radius 1 is 1.19 bits per heavy atom. The lowest BCUT2D eigenvalue weighted by atomic mass is 10.1. The van der Waals surface area contributed by atoms with E-state index in [4.69, 9.17) is 4.74 Å². The van der Waals surface area contributed by atoms with Crippen molar-refractivity contribution in [2.75, 3.05) is 13.7 Å². The summed E-state index contributed by atoms with van der Waals surface area (Å²) in [4.78, 5) is 15.5. The highest BCUT2D eigenvalue weighted by Gasteiger charge is 2.07. The van der Waals surface area contributed by atoms with E-state index < -0.39 is 0 Å². The maximum atomic E-state index is 12.2. The summed E-state index contributed by atoms with van der Waals surface area (Å²) in [5.41, 5.74) is 3.43. The zero-order chi connectivity index (χ0) is 18.6. The van der Waals surface area contributed by atoms with E-state index in [-0.39, 0.29) is 5.91 Å². The van der Waals surface area contributed by atoms with Gasteiger partial charge in [0, 0.05) is 48.3 Å². The molecular weight excluding hydrogens is 338 g/mol. The van der Waals surface area contributed by atoms with Gasteiger partial charge in [0.2, 0.25) is 5.91 Å². The molecule has 5 nitrogen and oxygen atoms in total. The molecule has 5 heteroatoms. The van der Waals surface area contributed by atoms with Crippen LogP contribution in [0.5, 0.6) is 5.75 Å². The number of para-hydroxylation sites is 1. The first-order chi connectivity index (χ1) is 13.2. The highest BCUT2D eigenvalue weighted by molar-refractivity contribution is 5.85. The zero-order valence-corrected chi connectivity index (χ0v) is 15.4. The van der Waals surface area contributed by atoms with Crippen LogP contribution in [0.25, 0.3) is 21.8 Å². The molecule has 2 aromatic carbocycles. The molecule has 2 heterocycles. The van der Waals surface area contributed by atoms with Crippen LogP contribution in [0.2, 0.25) is 0 Å². The van der Waals surface area contributed by atoms with Crippen LogP contribution < -0.4 is 10.1 Å². The van der Waals surface area contributed by atoms with Gasteiger partial charge in [-0.25, -0.2) is 0 Å². The van der Waals surface area contributed by atoms with Gasteiger partial charge in [0.1, 0.15) is 5.75 Å². The van der Waals surface area contributed by atoms with Crippen molar-refractivity contribution in [3.05, 3.63) is 66.5 Å². The van der Waals surface area contributed by atoms with Crippen molar-refractivity contribution in [1.82, 2.24) is 14.9 Å². The number of carbonyl (C=O) groups excluding carboxylic acids is 1. The number of fused-ring (bicyclic) bond motifs is 2. The maximum Gasteiger partial charge on any atom is 0.221 e. The molecule has 4 aromatic rings. The Bertz CT molecular complexity index is 1080. The van der Waals surface area contributed by atoms with Gasteiger partial charge in [0.05, 0.1) is 7.11 Å². The highest BCUT2D eigenvalue weighted by atomic mass is 16.5. The van der Waals surface area contributed by atoms with E-state index in [1.165, 1.54) is 10.9 Å². The number of benzene rings is 2. The number of hydrogen-bond acceptors (Lipinski definition) is 2. The monoisotopic (exact) mass is 361 g/mol. The van der Waals surface area contributed by atoms with E-state index in [0.717, 1.165) is 28.6 Å². The smallest absolute Gasteiger partial charge is 0.221 e. The Hall–Kier alpha value is -3.21. The lowest BCUT2D eigenvalue weighted by Gasteiger charge is -2.07. The van der Waals surface area contributed by atoms with Crippen molar-refractivity contribution < 1.29 is 9.53 Å². The predicted octanol–water partition coefficient (Wildman–Crippen LogP) is 3.88. The van der Waals surface area contributed by atoms with Crippen LogP contribution in [0, 0.1) is 0 Å². The third-order valence-corrected chi connectivity index (χ3v) is 4.95. The standard InChI is InChI=1S/C22H23N3O2/c1-27-18-6-7-20-19(14-18)17(15-24-20)8-11-23-22(26)10-13-25-12-9-16-4-2-3-5-21(16)25/h2-7,9,12,14-15,24H,8,10-11,13H2,1H3,(H,23,26). The fourth-order valence-electron chi connectivity index (χ4n) is 3.47. The van der Waals surface area contributed by atoms with E-state index in [0.29, 0.717) is 19.5 Å². The van der Waals surface area contributed by atoms with E-state index in [1.807, 2.05) is 42.7 Å². The first-order valence-corrected chi connectivity index (χ1v) is 9.19. The van der Waals surface area contributed by atoms with Crippen molar-refractivity contribution in [2.24, 2.45) is 0 Å². The largest absolute Gasteiger partial charge is 0.497 e. The van der Waals surface area contributed by atoms with Gasteiger partial charge >= 0.3 is 0 Å². The number of aromatic nitrogens is 2. The van der Waals surface area contributed by atoms with Gasteiger partial charge in [0.25, 0.3) is 0 Å². The summed E-state index contributed by atoms with van der Waals surface area (Å²) >= 11 is 0. The van der Waals surface area contributed by atoms with Crippen molar-refractivity contribution in [3.63, 3.8) is 0 Å². The number of H-pyrrole nitrogens is 1. The highest BCUT2D eigenvalue weighted by Crippen LogP contribution is 2.23. The summed E-state index contributed by atoms with van der Waals surface area (Å²) < 4.78 is 7.43. The fraction of sp³-hybridized carbons (Fsp3) is 0.227. The minimum atomic E-state index is 0.0743. The molecule has 0 fully saturated rings. The Morgan fingerprint density at radius 3 is 2.96 bits per heavy atom. The molecular formula is C22H23N3O2. The van der Waals surface area contributed by atoms with E-state index in [1.54, 1.807) is 7.11 Å². The zero-order valence-electron chi connectivity index (χ0n) is 15.4. The summed E-state index contributed by atoms with van der Waals surface area (Å²) in [7, 11) is 1.67. The minimum absolute atomic E-state index is 0.0743. The van der Waals surface area contributed by atoms with Crippen LogP contribution in [0.1, 0.15) is 12.0 Å². The van der Waals surface area contributed by atoms with Crippen LogP contribution in [0.15, 0.2) is 60.9 Å². The molecule has 4 rings (SSSR count). The van der Waals surface area contributed by atoms with Crippen LogP contribution in [-0.4, -0.2) is 29.1 Å². The van der Waals surface area contributed by atoms with Gasteiger partial charge in [0.15, 0.2) is 0 Å². The van der Waals surface area contributed by atoms with Crippen LogP contribution in [0.3, 0.4) is 0 Å². The predicted molar refractivity (Wildman–Crippen MR) is 108 cm³/mol. The summed E-state index contributed by atoms with van der Waals surface area (Å²) in [6.07, 6.45) is 5.30. The molecule has 2 aromatic heterocycles. The van der Waals surface area contributed by atoms with E-state index in [2.05, 4.69) is 33.1 Å². The molecule has 0 spiro atoms. The average molecular weight is 361 g/mol. The number of ether oxygens (including phenoxy) is 1. The molecule has 0 atom stereocenters. The summed E-state index contributed by atoms with van der Waals surface area (Å²) in [6.45, 7) is 1.30. The van der Waals surface area contributed by atoms with Crippen LogP contribution in [0.4, 0.5) is 0 Å². The van der Waals surface area contributed by atoms with E-state index >= 15 is 0 Å². The molecule has 0 unspecified atom stereocenters. The lowest BCUT2D eigenvalue weighted by molar-refractivity contribution is -0.121. The number of rotatable bonds is 7. The Labute approximate surface area is 157 Å². The molecule has 0 saturated heterocycles. The molecule has 1 amide bonds. The Morgan fingerprint density at radius 2 is 2.07 bits per heavy atom. The average Bonchev–Trinajstić information content (AvgIpc) is 3.30. The van der Waals surface area contributed by atoms with E-state index in [9.17, 15) is 4.79 Å². The quantitative estimate of drug-likeness (QED) is 0.525. The topological polar surface area (TPSA) is 59.0 Å². The number of hydrogen-bond donors (Lipinski definition) is 2. The summed E-state index contributed by atoms with van der Waals surface area (Å²) in [5, 5.41) is 5.37. The second-order valence-corrected chi connectivity index (χ2v) is 6.64. The van der Waals surface area contributed by atoms with Gasteiger partial charge in [-0.1, -0.05) is 18.2 Å². The second-order valence-electron chi connectivity index (χ2n) is 6.64. The van der Waals surface area contributed by atoms with Gasteiger partial charge in [-0.15, -0.1) is 0 Å². The first-order valence-electron chi connectivity index (χ1n) is 9.19. The molecule has 138 valence electrons. The number of methoxy groups -OCH3 is 1. The van der Waals surface area contributed by atoms with Gasteiger partial charge in [-0.2, -0.15) is 0 Å². The van der Waals surface area contributed by atoms with Gasteiger partial charge < -0.3 is 19.6 Å². The van der Waals surface area contributed by atoms with Gasteiger partial charge in [-0.3, -0.25) is 4.79 Å². The third-order valence-electron chi connectivity index (χ3n) is 4.95. The van der Waals surface area contributed by atoms with Crippen molar-refractivity contribution >= 4 is 27.7 Å². The molecule has 0 bridgehead atoms. The van der Waals surface area contributed by atoms with Gasteiger partial charge in [-0.05, 0) is 47.7 Å². The number of nitrogens with zero attached hydrogens (tertiary/aromatic N) is 1. The summed E-state index contributed by atoms with van der Waals surface area (Å²) in [6, 6.07) is 16.3. The normalized spacial score (nSPS) is 11.1. The molecule has 0 saturated carbocycles. The molecule has 2 N–H and O–H groups in total. The molecule has 0 radical (unpaired) electrons. The molecule has 0 aliphatic rings.